The van der Waals surface area contributed by atoms with E-state index in [1.807, 2.05) is 20.8 Å². The lowest BCUT2D eigenvalue weighted by Crippen LogP contribution is -2.42. The van der Waals surface area contributed by atoms with Crippen LogP contribution in [0.2, 0.25) is 0 Å². The molecule has 0 aliphatic carbocycles. The third-order valence-corrected chi connectivity index (χ3v) is 11.9. The monoisotopic (exact) mass is 836 g/mol. The minimum atomic E-state index is -3.88. The quantitative estimate of drug-likeness (QED) is 0.0302. The van der Waals surface area contributed by atoms with Crippen molar-refractivity contribution in [2.24, 2.45) is 11.1 Å². The standard InChI is InChI=1S/C49H89NO7S/c1-7-9-11-13-15-17-19-21-23-25-27-29-31-33-35-37-45(51)55-43-40-39-42(47(57-58(6,53)54)48(50)49(3,4)5)41-44(43)56-46(52)38-36-34-32-30-28-26-24-22-20-18-16-14-12-10-8-2/h39-41,47-48H,7-38,50H2,1-6H3. The minimum absolute atomic E-state index is 0.0662. The van der Waals surface area contributed by atoms with Gasteiger partial charge in [-0.2, -0.15) is 8.42 Å². The van der Waals surface area contributed by atoms with Crippen molar-refractivity contribution in [3.63, 3.8) is 0 Å². The molecule has 2 atom stereocenters. The summed E-state index contributed by atoms with van der Waals surface area (Å²) in [5.74, 6) is -0.622. The molecule has 0 aliphatic heterocycles. The SMILES string of the molecule is CCCCCCCCCCCCCCCCCC(=O)Oc1ccc(C(OS(C)(=O)=O)C(N)C(C)(C)C)cc1OC(=O)CCCCCCCCCCCCCCCCC. The number of carbonyl (C=O) groups excluding carboxylic acids is 2. The highest BCUT2D eigenvalue weighted by atomic mass is 32.2. The molecule has 0 spiro atoms. The number of hydrogen-bond acceptors (Lipinski definition) is 8. The highest BCUT2D eigenvalue weighted by Gasteiger charge is 2.34. The van der Waals surface area contributed by atoms with Gasteiger partial charge < -0.3 is 15.2 Å². The number of esters is 2. The van der Waals surface area contributed by atoms with Crippen molar-refractivity contribution in [3.05, 3.63) is 23.8 Å². The molecule has 9 heteroatoms. The van der Waals surface area contributed by atoms with Gasteiger partial charge >= 0.3 is 11.9 Å². The zero-order valence-corrected chi connectivity index (χ0v) is 39.2. The topological polar surface area (TPSA) is 122 Å². The molecule has 0 aromatic heterocycles. The first kappa shape index (κ1) is 54.0. The molecule has 0 radical (unpaired) electrons. The van der Waals surface area contributed by atoms with Crippen molar-refractivity contribution < 1.29 is 31.7 Å². The van der Waals surface area contributed by atoms with Crippen LogP contribution in [0.1, 0.15) is 252 Å². The van der Waals surface area contributed by atoms with Gasteiger partial charge in [-0.15, -0.1) is 0 Å². The summed E-state index contributed by atoms with van der Waals surface area (Å²) in [5.41, 5.74) is 6.46. The summed E-state index contributed by atoms with van der Waals surface area (Å²) in [6.07, 6.45) is 37.7. The van der Waals surface area contributed by atoms with Crippen LogP contribution < -0.4 is 15.2 Å². The highest BCUT2D eigenvalue weighted by Crippen LogP contribution is 2.37. The molecule has 0 saturated carbocycles. The minimum Gasteiger partial charge on any atom is -0.423 e. The van der Waals surface area contributed by atoms with Gasteiger partial charge in [0.25, 0.3) is 10.1 Å². The molecule has 1 aromatic rings. The second-order valence-electron chi connectivity index (χ2n) is 18.2. The van der Waals surface area contributed by atoms with Gasteiger partial charge in [-0.3, -0.25) is 13.8 Å². The molecular weight excluding hydrogens is 747 g/mol. The van der Waals surface area contributed by atoms with Crippen LogP contribution in [0.3, 0.4) is 0 Å². The Balaban J connectivity index is 2.62. The molecule has 0 heterocycles. The summed E-state index contributed by atoms with van der Waals surface area (Å²) in [6, 6.07) is 4.00. The zero-order valence-electron chi connectivity index (χ0n) is 38.4. The molecule has 0 aliphatic rings. The summed E-state index contributed by atoms with van der Waals surface area (Å²) < 4.78 is 41.6. The van der Waals surface area contributed by atoms with Crippen LogP contribution in [0, 0.1) is 5.41 Å². The first-order valence-electron chi connectivity index (χ1n) is 24.0. The number of nitrogens with two attached hydrogens (primary N) is 1. The molecule has 0 fully saturated rings. The normalized spacial score (nSPS) is 13.1. The maximum Gasteiger partial charge on any atom is 0.311 e. The maximum absolute atomic E-state index is 13.1. The molecule has 8 nitrogen and oxygen atoms in total. The molecule has 58 heavy (non-hydrogen) atoms. The third kappa shape index (κ3) is 29.3. The van der Waals surface area contributed by atoms with E-state index in [2.05, 4.69) is 13.8 Å². The van der Waals surface area contributed by atoms with E-state index < -0.39 is 39.6 Å². The van der Waals surface area contributed by atoms with Gasteiger partial charge in [0.2, 0.25) is 0 Å². The Kier molecular flexibility index (Phi) is 31.4. The van der Waals surface area contributed by atoms with Crippen LogP contribution in [-0.2, 0) is 23.9 Å². The van der Waals surface area contributed by atoms with Gasteiger partial charge in [-0.05, 0) is 36.0 Å². The summed E-state index contributed by atoms with van der Waals surface area (Å²) in [5, 5.41) is 0. The molecule has 2 unspecified atom stereocenters. The van der Waals surface area contributed by atoms with Crippen LogP contribution in [0.15, 0.2) is 18.2 Å². The molecule has 0 saturated heterocycles. The van der Waals surface area contributed by atoms with E-state index in [1.54, 1.807) is 12.1 Å². The lowest BCUT2D eigenvalue weighted by molar-refractivity contribution is -0.137. The van der Waals surface area contributed by atoms with E-state index in [0.717, 1.165) is 38.4 Å². The Labute approximate surface area is 357 Å². The van der Waals surface area contributed by atoms with Gasteiger partial charge in [0.05, 0.1) is 6.26 Å². The van der Waals surface area contributed by atoms with Gasteiger partial charge in [0.1, 0.15) is 6.10 Å². The fourth-order valence-corrected chi connectivity index (χ4v) is 8.07. The third-order valence-electron chi connectivity index (χ3n) is 11.3. The van der Waals surface area contributed by atoms with E-state index in [1.165, 1.54) is 160 Å². The van der Waals surface area contributed by atoms with Crippen LogP contribution in [0.4, 0.5) is 0 Å². The first-order chi connectivity index (χ1) is 27.8. The predicted molar refractivity (Wildman–Crippen MR) is 243 cm³/mol. The van der Waals surface area contributed by atoms with Crippen LogP contribution in [0.25, 0.3) is 0 Å². The maximum atomic E-state index is 13.1. The van der Waals surface area contributed by atoms with E-state index in [9.17, 15) is 18.0 Å². The smallest absolute Gasteiger partial charge is 0.311 e. The van der Waals surface area contributed by atoms with Gasteiger partial charge in [0.15, 0.2) is 11.5 Å². The average Bonchev–Trinajstić information content (AvgIpc) is 3.16. The van der Waals surface area contributed by atoms with Crippen molar-refractivity contribution in [2.75, 3.05) is 6.26 Å². The Morgan fingerprint density at radius 2 is 0.845 bits per heavy atom. The molecule has 0 bridgehead atoms. The largest absolute Gasteiger partial charge is 0.423 e. The number of rotatable bonds is 38. The van der Waals surface area contributed by atoms with Crippen LogP contribution in [-0.4, -0.2) is 32.7 Å². The van der Waals surface area contributed by atoms with Gasteiger partial charge in [-0.25, -0.2) is 0 Å². The van der Waals surface area contributed by atoms with E-state index in [4.69, 9.17) is 19.4 Å². The lowest BCUT2D eigenvalue weighted by Gasteiger charge is -2.33. The second-order valence-corrected chi connectivity index (χ2v) is 19.8. The Morgan fingerprint density at radius 3 is 1.16 bits per heavy atom. The lowest BCUT2D eigenvalue weighted by atomic mass is 9.82. The highest BCUT2D eigenvalue weighted by molar-refractivity contribution is 7.86. The van der Waals surface area contributed by atoms with Crippen LogP contribution >= 0.6 is 0 Å². The number of unbranched alkanes of at least 4 members (excludes halogenated alkanes) is 28. The molecule has 338 valence electrons. The fourth-order valence-electron chi connectivity index (χ4n) is 7.46. The van der Waals surface area contributed by atoms with Crippen molar-refractivity contribution >= 4 is 22.1 Å². The molecule has 2 N–H and O–H groups in total. The van der Waals surface area contributed by atoms with Crippen LogP contribution in [0.5, 0.6) is 11.5 Å². The first-order valence-corrected chi connectivity index (χ1v) is 25.8. The molecular formula is C49H89NO7S. The predicted octanol–water partition coefficient (Wildman–Crippen LogP) is 14.4. The fraction of sp³-hybridized carbons (Fsp3) is 0.837. The molecule has 1 rings (SSSR count). The van der Waals surface area contributed by atoms with E-state index in [-0.39, 0.29) is 24.3 Å². The van der Waals surface area contributed by atoms with Gasteiger partial charge in [-0.1, -0.05) is 220 Å². The van der Waals surface area contributed by atoms with E-state index in [0.29, 0.717) is 12.0 Å². The van der Waals surface area contributed by atoms with Crippen molar-refractivity contribution in [1.82, 2.24) is 0 Å². The number of ether oxygens (including phenoxy) is 2. The Morgan fingerprint density at radius 1 is 0.534 bits per heavy atom. The van der Waals surface area contributed by atoms with Gasteiger partial charge in [0, 0.05) is 18.9 Å². The summed E-state index contributed by atoms with van der Waals surface area (Å²) in [4.78, 5) is 26.1. The summed E-state index contributed by atoms with van der Waals surface area (Å²) >= 11 is 0. The van der Waals surface area contributed by atoms with Crippen molar-refractivity contribution in [2.45, 2.75) is 252 Å². The second kappa shape index (κ2) is 33.7. The Hall–Kier alpha value is -1.97. The van der Waals surface area contributed by atoms with E-state index >= 15 is 0 Å². The number of hydrogen-bond donors (Lipinski definition) is 1. The zero-order chi connectivity index (χ0) is 42.9. The molecule has 1 aromatic carbocycles. The number of carbonyl (C=O) groups is 2. The number of benzene rings is 1. The Bertz CT molecular complexity index is 1290. The summed E-state index contributed by atoms with van der Waals surface area (Å²) in [7, 11) is -3.88. The average molecular weight is 836 g/mol. The van der Waals surface area contributed by atoms with Crippen molar-refractivity contribution in [3.8, 4) is 11.5 Å². The van der Waals surface area contributed by atoms with Crippen molar-refractivity contribution in [1.29, 1.82) is 0 Å². The summed E-state index contributed by atoms with van der Waals surface area (Å²) in [6.45, 7) is 10.2. The molecule has 0 amide bonds.